The highest BCUT2D eigenvalue weighted by molar-refractivity contribution is 7.91. The lowest BCUT2D eigenvalue weighted by Gasteiger charge is -2.24. The second-order valence-corrected chi connectivity index (χ2v) is 7.25. The van der Waals surface area contributed by atoms with Gasteiger partial charge >= 0.3 is 6.03 Å². The quantitative estimate of drug-likeness (QED) is 0.704. The minimum absolute atomic E-state index is 0.0301. The van der Waals surface area contributed by atoms with Crippen LogP contribution in [0.15, 0.2) is 24.3 Å². The molecule has 1 aromatic carbocycles. The zero-order valence-electron chi connectivity index (χ0n) is 10.6. The van der Waals surface area contributed by atoms with Crippen LogP contribution in [0.1, 0.15) is 13.3 Å². The third kappa shape index (κ3) is 3.37. The third-order valence-corrected chi connectivity index (χ3v) is 5.03. The Labute approximate surface area is 112 Å². The molecule has 0 aromatic heterocycles. The Kier molecular flexibility index (Phi) is 3.40. The number of carbonyl (C=O) groups excluding carboxylic acids is 1. The first-order chi connectivity index (χ1) is 8.80. The van der Waals surface area contributed by atoms with Crippen LogP contribution in [-0.2, 0) is 9.84 Å². The zero-order chi connectivity index (χ0) is 14.1. The molecule has 1 unspecified atom stereocenters. The topological polar surface area (TPSA) is 101 Å². The molecule has 1 aliphatic rings. The van der Waals surface area contributed by atoms with E-state index in [1.165, 1.54) is 0 Å². The predicted molar refractivity (Wildman–Crippen MR) is 74.7 cm³/mol. The van der Waals surface area contributed by atoms with Gasteiger partial charge in [-0.1, -0.05) is 12.1 Å². The number of sulfone groups is 1. The maximum absolute atomic E-state index is 11.9. The largest absolute Gasteiger partial charge is 0.397 e. The first-order valence-corrected chi connectivity index (χ1v) is 7.76. The lowest BCUT2D eigenvalue weighted by Crippen LogP contribution is -2.48. The number of urea groups is 1. The van der Waals surface area contributed by atoms with Crippen LogP contribution in [0, 0.1) is 0 Å². The fraction of sp³-hybridized carbons (Fsp3) is 0.417. The van der Waals surface area contributed by atoms with E-state index in [0.717, 1.165) is 0 Å². The number of nitrogens with two attached hydrogens (primary N) is 1. The summed E-state index contributed by atoms with van der Waals surface area (Å²) in [5, 5.41) is 5.32. The monoisotopic (exact) mass is 283 g/mol. The van der Waals surface area contributed by atoms with Gasteiger partial charge in [0.15, 0.2) is 9.84 Å². The van der Waals surface area contributed by atoms with Crippen molar-refractivity contribution in [2.45, 2.75) is 18.9 Å². The number of nitrogens with one attached hydrogen (secondary N) is 2. The standard InChI is InChI=1S/C12H17N3O3S/c1-12(6-7-19(17,18)8-12)15-11(16)14-10-5-3-2-4-9(10)13/h2-5H,6-8,13H2,1H3,(H2,14,15,16). The van der Waals surface area contributed by atoms with E-state index < -0.39 is 21.4 Å². The summed E-state index contributed by atoms with van der Waals surface area (Å²) >= 11 is 0. The van der Waals surface area contributed by atoms with Crippen molar-refractivity contribution in [2.75, 3.05) is 22.6 Å². The summed E-state index contributed by atoms with van der Waals surface area (Å²) in [6.07, 6.45) is 0.424. The number of hydrogen-bond acceptors (Lipinski definition) is 4. The van der Waals surface area contributed by atoms with Crippen molar-refractivity contribution in [1.82, 2.24) is 5.32 Å². The van der Waals surface area contributed by atoms with E-state index in [1.807, 2.05) is 0 Å². The average Bonchev–Trinajstić information content (AvgIpc) is 2.56. The number of anilines is 2. The summed E-state index contributed by atoms with van der Waals surface area (Å²) in [5.74, 6) is 0.0783. The summed E-state index contributed by atoms with van der Waals surface area (Å²) in [4.78, 5) is 11.9. The Morgan fingerprint density at radius 2 is 2.05 bits per heavy atom. The molecule has 1 heterocycles. The first kappa shape index (κ1) is 13.7. The Hall–Kier alpha value is -1.76. The molecule has 6 nitrogen and oxygen atoms in total. The molecule has 1 aliphatic heterocycles. The van der Waals surface area contributed by atoms with Gasteiger partial charge in [0.2, 0.25) is 0 Å². The van der Waals surface area contributed by atoms with Crippen LogP contribution in [0.5, 0.6) is 0 Å². The van der Waals surface area contributed by atoms with Crippen LogP contribution in [-0.4, -0.2) is 31.5 Å². The van der Waals surface area contributed by atoms with Gasteiger partial charge in [0.05, 0.1) is 28.4 Å². The minimum Gasteiger partial charge on any atom is -0.397 e. The smallest absolute Gasteiger partial charge is 0.319 e. The summed E-state index contributed by atoms with van der Waals surface area (Å²) in [6, 6.07) is 6.44. The summed E-state index contributed by atoms with van der Waals surface area (Å²) in [5.41, 5.74) is 5.96. The third-order valence-electron chi connectivity index (χ3n) is 3.13. The second kappa shape index (κ2) is 4.73. The van der Waals surface area contributed by atoms with Crippen molar-refractivity contribution in [1.29, 1.82) is 0 Å². The van der Waals surface area contributed by atoms with E-state index in [4.69, 9.17) is 5.73 Å². The molecular formula is C12H17N3O3S. The van der Waals surface area contributed by atoms with Crippen molar-refractivity contribution < 1.29 is 13.2 Å². The van der Waals surface area contributed by atoms with Crippen molar-refractivity contribution in [2.24, 2.45) is 0 Å². The van der Waals surface area contributed by atoms with Gasteiger partial charge in [-0.05, 0) is 25.5 Å². The molecule has 2 rings (SSSR count). The number of rotatable bonds is 2. The Balaban J connectivity index is 2.01. The second-order valence-electron chi connectivity index (χ2n) is 5.07. The average molecular weight is 283 g/mol. The van der Waals surface area contributed by atoms with Crippen LogP contribution in [0.3, 0.4) is 0 Å². The first-order valence-electron chi connectivity index (χ1n) is 5.94. The highest BCUT2D eigenvalue weighted by Crippen LogP contribution is 2.23. The van der Waals surface area contributed by atoms with E-state index in [-0.39, 0.29) is 11.5 Å². The number of para-hydroxylation sites is 2. The maximum Gasteiger partial charge on any atom is 0.319 e. The molecular weight excluding hydrogens is 266 g/mol. The molecule has 2 amide bonds. The summed E-state index contributed by atoms with van der Waals surface area (Å²) in [7, 11) is -3.05. The summed E-state index contributed by atoms with van der Waals surface area (Å²) < 4.78 is 22.9. The molecule has 1 saturated heterocycles. The van der Waals surface area contributed by atoms with Crippen LogP contribution in [0.25, 0.3) is 0 Å². The molecule has 1 fully saturated rings. The summed E-state index contributed by atoms with van der Waals surface area (Å²) in [6.45, 7) is 1.73. The lowest BCUT2D eigenvalue weighted by molar-refractivity contribution is 0.242. The van der Waals surface area contributed by atoms with E-state index in [9.17, 15) is 13.2 Å². The zero-order valence-corrected chi connectivity index (χ0v) is 11.5. The number of benzene rings is 1. The van der Waals surface area contributed by atoms with Crippen molar-refractivity contribution in [3.63, 3.8) is 0 Å². The highest BCUT2D eigenvalue weighted by atomic mass is 32.2. The number of hydrogen-bond donors (Lipinski definition) is 3. The van der Waals surface area contributed by atoms with Crippen molar-refractivity contribution >= 4 is 27.2 Å². The van der Waals surface area contributed by atoms with Crippen LogP contribution in [0.4, 0.5) is 16.2 Å². The molecule has 0 spiro atoms. The fourth-order valence-electron chi connectivity index (χ4n) is 2.15. The van der Waals surface area contributed by atoms with Gasteiger partial charge in [0.1, 0.15) is 0 Å². The van der Waals surface area contributed by atoms with E-state index >= 15 is 0 Å². The molecule has 104 valence electrons. The van der Waals surface area contributed by atoms with Crippen LogP contribution >= 0.6 is 0 Å². The Morgan fingerprint density at radius 3 is 2.63 bits per heavy atom. The molecule has 1 atom stereocenters. The van der Waals surface area contributed by atoms with Gasteiger partial charge in [-0.2, -0.15) is 0 Å². The highest BCUT2D eigenvalue weighted by Gasteiger charge is 2.39. The normalized spacial score (nSPS) is 24.9. The number of nitrogen functional groups attached to an aromatic ring is 1. The molecule has 0 bridgehead atoms. The Morgan fingerprint density at radius 1 is 1.37 bits per heavy atom. The molecule has 19 heavy (non-hydrogen) atoms. The molecule has 0 aliphatic carbocycles. The lowest BCUT2D eigenvalue weighted by atomic mass is 10.0. The molecule has 0 radical (unpaired) electrons. The number of amides is 2. The number of carbonyl (C=O) groups is 1. The van der Waals surface area contributed by atoms with Gasteiger partial charge in [0, 0.05) is 0 Å². The predicted octanol–water partition coefficient (Wildman–Crippen LogP) is 0.968. The van der Waals surface area contributed by atoms with Crippen molar-refractivity contribution in [3.8, 4) is 0 Å². The Bertz CT molecular complexity index is 600. The van der Waals surface area contributed by atoms with Crippen LogP contribution in [0.2, 0.25) is 0 Å². The molecule has 4 N–H and O–H groups in total. The van der Waals surface area contributed by atoms with E-state index in [0.29, 0.717) is 17.8 Å². The van der Waals surface area contributed by atoms with Gasteiger partial charge in [-0.25, -0.2) is 13.2 Å². The minimum atomic E-state index is -3.05. The van der Waals surface area contributed by atoms with Gasteiger partial charge in [0.25, 0.3) is 0 Å². The SMILES string of the molecule is CC1(NC(=O)Nc2ccccc2N)CCS(=O)(=O)C1. The molecule has 0 saturated carbocycles. The van der Waals surface area contributed by atoms with E-state index in [1.54, 1.807) is 31.2 Å². The van der Waals surface area contributed by atoms with Crippen LogP contribution < -0.4 is 16.4 Å². The molecule has 1 aromatic rings. The van der Waals surface area contributed by atoms with Crippen molar-refractivity contribution in [3.05, 3.63) is 24.3 Å². The maximum atomic E-state index is 11.9. The molecule has 7 heteroatoms. The van der Waals surface area contributed by atoms with Gasteiger partial charge < -0.3 is 16.4 Å². The van der Waals surface area contributed by atoms with Gasteiger partial charge in [-0.3, -0.25) is 0 Å². The van der Waals surface area contributed by atoms with Gasteiger partial charge in [-0.15, -0.1) is 0 Å². The fourth-order valence-corrected chi connectivity index (χ4v) is 4.24. The van der Waals surface area contributed by atoms with E-state index in [2.05, 4.69) is 10.6 Å².